The molecule has 1 aromatic rings. The molecule has 24 heavy (non-hydrogen) atoms. The second kappa shape index (κ2) is 6.85. The van der Waals surface area contributed by atoms with Gasteiger partial charge in [0.2, 0.25) is 0 Å². The van der Waals surface area contributed by atoms with Gasteiger partial charge in [-0.1, -0.05) is 23.7 Å². The molecular weight excluding hydrogens is 326 g/mol. The van der Waals surface area contributed by atoms with Crippen molar-refractivity contribution in [3.63, 3.8) is 0 Å². The minimum atomic E-state index is -0.340. The standard InChI is InChI=1S/C18H22ClN3O2/c1-11-15(17(23)24-3)16(13-6-8-14(19)9-7-13)21-18(22(11)2)20-10-12-4-5-12/h6-9,12,16H,4-5,10H2,1-3H3,(H,20,21). The summed E-state index contributed by atoms with van der Waals surface area (Å²) >= 11 is 5.99. The van der Waals surface area contributed by atoms with Crippen LogP contribution in [0.25, 0.3) is 0 Å². The number of methoxy groups -OCH3 is 1. The fourth-order valence-electron chi connectivity index (χ4n) is 2.79. The minimum absolute atomic E-state index is 0.302. The Labute approximate surface area is 147 Å². The quantitative estimate of drug-likeness (QED) is 0.850. The molecule has 0 spiro atoms. The zero-order valence-corrected chi connectivity index (χ0v) is 14.9. The molecule has 0 amide bonds. The average molecular weight is 348 g/mol. The highest BCUT2D eigenvalue weighted by Gasteiger charge is 2.34. The van der Waals surface area contributed by atoms with E-state index in [1.165, 1.54) is 20.0 Å². The number of rotatable bonds is 4. The van der Waals surface area contributed by atoms with Gasteiger partial charge in [0.25, 0.3) is 0 Å². The minimum Gasteiger partial charge on any atom is -0.466 e. The van der Waals surface area contributed by atoms with Crippen LogP contribution >= 0.6 is 11.6 Å². The maximum Gasteiger partial charge on any atom is 0.337 e. The zero-order chi connectivity index (χ0) is 17.3. The van der Waals surface area contributed by atoms with Crippen molar-refractivity contribution in [3.8, 4) is 0 Å². The Morgan fingerprint density at radius 2 is 2.04 bits per heavy atom. The smallest absolute Gasteiger partial charge is 0.337 e. The lowest BCUT2D eigenvalue weighted by Gasteiger charge is -2.36. The lowest BCUT2D eigenvalue weighted by atomic mass is 9.95. The molecule has 1 aliphatic heterocycles. The highest BCUT2D eigenvalue weighted by Crippen LogP contribution is 2.32. The molecule has 1 saturated carbocycles. The third-order valence-corrected chi connectivity index (χ3v) is 4.83. The van der Waals surface area contributed by atoms with E-state index in [4.69, 9.17) is 21.3 Å². The predicted molar refractivity (Wildman–Crippen MR) is 94.8 cm³/mol. The van der Waals surface area contributed by atoms with Crippen LogP contribution in [0.3, 0.4) is 0 Å². The molecule has 128 valence electrons. The second-order valence-corrected chi connectivity index (χ2v) is 6.72. The molecule has 1 aromatic carbocycles. The number of guanidine groups is 1. The summed E-state index contributed by atoms with van der Waals surface area (Å²) in [5.41, 5.74) is 2.38. The number of nitrogens with one attached hydrogen (secondary N) is 1. The van der Waals surface area contributed by atoms with Crippen LogP contribution in [0.15, 0.2) is 40.5 Å². The molecule has 1 aliphatic carbocycles. The SMILES string of the molecule is COC(=O)C1=C(C)N(C)C(=NCC2CC2)NC1c1ccc(Cl)cc1. The molecule has 5 nitrogen and oxygen atoms in total. The van der Waals surface area contributed by atoms with Gasteiger partial charge in [0.15, 0.2) is 5.96 Å². The van der Waals surface area contributed by atoms with Gasteiger partial charge in [-0.2, -0.15) is 0 Å². The van der Waals surface area contributed by atoms with Gasteiger partial charge in [-0.05, 0) is 43.4 Å². The highest BCUT2D eigenvalue weighted by molar-refractivity contribution is 6.30. The van der Waals surface area contributed by atoms with Crippen LogP contribution in [0.5, 0.6) is 0 Å². The maximum atomic E-state index is 12.3. The third-order valence-electron chi connectivity index (χ3n) is 4.58. The third kappa shape index (κ3) is 3.41. The van der Waals surface area contributed by atoms with E-state index in [0.717, 1.165) is 23.8 Å². The lowest BCUT2D eigenvalue weighted by Crippen LogP contribution is -2.47. The number of carbonyl (C=O) groups excluding carboxylic acids is 1. The summed E-state index contributed by atoms with van der Waals surface area (Å²) in [6, 6.07) is 7.17. The van der Waals surface area contributed by atoms with Gasteiger partial charge in [0.1, 0.15) is 0 Å². The van der Waals surface area contributed by atoms with Crippen LogP contribution in [-0.4, -0.2) is 37.5 Å². The Balaban J connectivity index is 1.99. The van der Waals surface area contributed by atoms with Crippen molar-refractivity contribution in [2.24, 2.45) is 10.9 Å². The number of aliphatic imine (C=N–C) groups is 1. The van der Waals surface area contributed by atoms with E-state index < -0.39 is 0 Å². The monoisotopic (exact) mass is 347 g/mol. The zero-order valence-electron chi connectivity index (χ0n) is 14.2. The Hall–Kier alpha value is -2.01. The summed E-state index contributed by atoms with van der Waals surface area (Å²) in [6.07, 6.45) is 2.51. The van der Waals surface area contributed by atoms with Gasteiger partial charge in [0, 0.05) is 24.3 Å². The van der Waals surface area contributed by atoms with Gasteiger partial charge in [-0.25, -0.2) is 4.79 Å². The fourth-order valence-corrected chi connectivity index (χ4v) is 2.92. The number of ether oxygens (including phenoxy) is 1. The normalized spacial score (nSPS) is 22.6. The Morgan fingerprint density at radius 1 is 1.38 bits per heavy atom. The second-order valence-electron chi connectivity index (χ2n) is 6.29. The van der Waals surface area contributed by atoms with E-state index in [1.807, 2.05) is 43.1 Å². The molecule has 2 aliphatic rings. The van der Waals surface area contributed by atoms with Crippen molar-refractivity contribution in [2.45, 2.75) is 25.8 Å². The molecule has 1 unspecified atom stereocenters. The number of hydrogen-bond donors (Lipinski definition) is 1. The number of carbonyl (C=O) groups is 1. The molecule has 1 atom stereocenters. The van der Waals surface area contributed by atoms with Crippen molar-refractivity contribution in [2.75, 3.05) is 20.7 Å². The van der Waals surface area contributed by atoms with E-state index in [2.05, 4.69) is 5.32 Å². The lowest BCUT2D eigenvalue weighted by molar-refractivity contribution is -0.136. The molecule has 6 heteroatoms. The number of allylic oxidation sites excluding steroid dienone is 1. The first kappa shape index (κ1) is 16.8. The van der Waals surface area contributed by atoms with Crippen LogP contribution in [0.4, 0.5) is 0 Å². The summed E-state index contributed by atoms with van der Waals surface area (Å²) in [6.45, 7) is 2.74. The van der Waals surface area contributed by atoms with Gasteiger partial charge in [-0.3, -0.25) is 4.99 Å². The Bertz CT molecular complexity index is 693. The molecule has 1 N–H and O–H groups in total. The number of hydrogen-bond acceptors (Lipinski definition) is 3. The van der Waals surface area contributed by atoms with E-state index in [0.29, 0.717) is 16.5 Å². The van der Waals surface area contributed by atoms with Gasteiger partial charge in [0.05, 0.1) is 18.7 Å². The predicted octanol–water partition coefficient (Wildman–Crippen LogP) is 3.13. The summed E-state index contributed by atoms with van der Waals surface area (Å²) in [4.78, 5) is 19.0. The van der Waals surface area contributed by atoms with Crippen molar-refractivity contribution in [1.29, 1.82) is 0 Å². The number of nitrogens with zero attached hydrogens (tertiary/aromatic N) is 2. The fraction of sp³-hybridized carbons (Fsp3) is 0.444. The van der Waals surface area contributed by atoms with E-state index in [1.54, 1.807) is 0 Å². The van der Waals surface area contributed by atoms with E-state index in [9.17, 15) is 4.79 Å². The molecule has 0 saturated heterocycles. The van der Waals surface area contributed by atoms with E-state index >= 15 is 0 Å². The first-order valence-corrected chi connectivity index (χ1v) is 8.48. The van der Waals surface area contributed by atoms with Crippen LogP contribution in [-0.2, 0) is 9.53 Å². The number of esters is 1. The van der Waals surface area contributed by atoms with Crippen LogP contribution in [0, 0.1) is 5.92 Å². The number of halogens is 1. The van der Waals surface area contributed by atoms with Crippen LogP contribution < -0.4 is 5.32 Å². The summed E-state index contributed by atoms with van der Waals surface area (Å²) in [5, 5.41) is 4.05. The maximum absolute atomic E-state index is 12.3. The molecule has 0 radical (unpaired) electrons. The van der Waals surface area contributed by atoms with Gasteiger partial charge in [-0.15, -0.1) is 0 Å². The number of benzene rings is 1. The first-order chi connectivity index (χ1) is 11.5. The van der Waals surface area contributed by atoms with Gasteiger partial charge < -0.3 is 15.0 Å². The molecule has 0 aromatic heterocycles. The van der Waals surface area contributed by atoms with Crippen LogP contribution in [0.1, 0.15) is 31.4 Å². The summed E-state index contributed by atoms with van der Waals surface area (Å²) in [7, 11) is 3.31. The average Bonchev–Trinajstić information content (AvgIpc) is 3.40. The van der Waals surface area contributed by atoms with Gasteiger partial charge >= 0.3 is 5.97 Å². The highest BCUT2D eigenvalue weighted by atomic mass is 35.5. The molecular formula is C18H22ClN3O2. The Morgan fingerprint density at radius 3 is 2.62 bits per heavy atom. The Kier molecular flexibility index (Phi) is 4.81. The summed E-state index contributed by atoms with van der Waals surface area (Å²) in [5.74, 6) is 1.15. The molecule has 1 heterocycles. The topological polar surface area (TPSA) is 53.9 Å². The first-order valence-electron chi connectivity index (χ1n) is 8.10. The molecule has 1 fully saturated rings. The van der Waals surface area contributed by atoms with E-state index in [-0.39, 0.29) is 12.0 Å². The summed E-state index contributed by atoms with van der Waals surface area (Å²) < 4.78 is 5.00. The van der Waals surface area contributed by atoms with Crippen molar-refractivity contribution >= 4 is 23.5 Å². The van der Waals surface area contributed by atoms with Crippen molar-refractivity contribution < 1.29 is 9.53 Å². The van der Waals surface area contributed by atoms with Crippen molar-refractivity contribution in [1.82, 2.24) is 10.2 Å². The van der Waals surface area contributed by atoms with Crippen LogP contribution in [0.2, 0.25) is 5.02 Å². The molecule has 3 rings (SSSR count). The van der Waals surface area contributed by atoms with Crippen molar-refractivity contribution in [3.05, 3.63) is 46.1 Å². The molecule has 0 bridgehead atoms. The largest absolute Gasteiger partial charge is 0.466 e.